The summed E-state index contributed by atoms with van der Waals surface area (Å²) in [6.07, 6.45) is 10.1. The van der Waals surface area contributed by atoms with E-state index in [1.807, 2.05) is 6.07 Å². The SMILES string of the molecule is CCCn1ccc(CNC(=O)CCSCc2nc3sc4c(c3c(=O)[nH]2)CCCC4)c1. The number of nitrogens with zero attached hydrogens (tertiary/aromatic N) is 2. The van der Waals surface area contributed by atoms with E-state index in [4.69, 9.17) is 4.98 Å². The molecule has 0 fully saturated rings. The number of fused-ring (bicyclic) bond motifs is 3. The summed E-state index contributed by atoms with van der Waals surface area (Å²) in [5.74, 6) is 2.06. The van der Waals surface area contributed by atoms with Gasteiger partial charge in [-0.15, -0.1) is 11.3 Å². The molecule has 0 unspecified atom stereocenters. The normalized spacial score (nSPS) is 13.5. The highest BCUT2D eigenvalue weighted by atomic mass is 32.2. The Morgan fingerprint density at radius 1 is 1.37 bits per heavy atom. The van der Waals surface area contributed by atoms with Gasteiger partial charge in [0.25, 0.3) is 5.56 Å². The van der Waals surface area contributed by atoms with Crippen molar-refractivity contribution in [2.24, 2.45) is 0 Å². The smallest absolute Gasteiger partial charge is 0.259 e. The number of carbonyl (C=O) groups is 1. The number of aromatic nitrogens is 3. The third-order valence-electron chi connectivity index (χ3n) is 5.37. The van der Waals surface area contributed by atoms with Gasteiger partial charge in [0.2, 0.25) is 5.91 Å². The topological polar surface area (TPSA) is 79.8 Å². The molecule has 0 spiro atoms. The Kier molecular flexibility index (Phi) is 6.94. The van der Waals surface area contributed by atoms with Gasteiger partial charge < -0.3 is 14.9 Å². The maximum Gasteiger partial charge on any atom is 0.259 e. The minimum Gasteiger partial charge on any atom is -0.354 e. The van der Waals surface area contributed by atoms with Gasteiger partial charge in [-0.1, -0.05) is 6.92 Å². The summed E-state index contributed by atoms with van der Waals surface area (Å²) in [6, 6.07) is 2.05. The van der Waals surface area contributed by atoms with Crippen molar-refractivity contribution in [2.75, 3.05) is 5.75 Å². The second-order valence-corrected chi connectivity index (χ2v) is 9.93. The molecule has 1 amide bonds. The molecule has 1 aliphatic carbocycles. The Labute approximate surface area is 184 Å². The lowest BCUT2D eigenvalue weighted by molar-refractivity contribution is -0.120. The van der Waals surface area contributed by atoms with Crippen LogP contribution in [-0.2, 0) is 36.5 Å². The first kappa shape index (κ1) is 21.2. The maximum atomic E-state index is 12.6. The van der Waals surface area contributed by atoms with E-state index in [0.717, 1.165) is 48.0 Å². The molecule has 1 aliphatic rings. The van der Waals surface area contributed by atoms with Crippen molar-refractivity contribution in [3.63, 3.8) is 0 Å². The van der Waals surface area contributed by atoms with E-state index in [2.05, 4.69) is 34.2 Å². The molecule has 6 nitrogen and oxygen atoms in total. The van der Waals surface area contributed by atoms with Gasteiger partial charge in [-0.3, -0.25) is 9.59 Å². The van der Waals surface area contributed by atoms with Crippen molar-refractivity contribution in [1.29, 1.82) is 0 Å². The number of nitrogens with one attached hydrogen (secondary N) is 2. The number of H-pyrrole nitrogens is 1. The van der Waals surface area contributed by atoms with Gasteiger partial charge in [0.05, 0.1) is 11.1 Å². The number of hydrogen-bond acceptors (Lipinski definition) is 5. The van der Waals surface area contributed by atoms with Crippen LogP contribution in [0.1, 0.15) is 54.4 Å². The number of amides is 1. The number of thiophene rings is 1. The van der Waals surface area contributed by atoms with Crippen LogP contribution in [0.15, 0.2) is 23.3 Å². The Morgan fingerprint density at radius 2 is 2.23 bits per heavy atom. The fraction of sp³-hybridized carbons (Fsp3) is 0.500. The summed E-state index contributed by atoms with van der Waals surface area (Å²) in [6.45, 7) is 3.71. The van der Waals surface area contributed by atoms with Crippen LogP contribution >= 0.6 is 23.1 Å². The van der Waals surface area contributed by atoms with Crippen LogP contribution in [0.4, 0.5) is 0 Å². The van der Waals surface area contributed by atoms with E-state index < -0.39 is 0 Å². The third kappa shape index (κ3) is 4.98. The largest absolute Gasteiger partial charge is 0.354 e. The minimum atomic E-state index is -0.0113. The van der Waals surface area contributed by atoms with E-state index in [9.17, 15) is 9.59 Å². The van der Waals surface area contributed by atoms with Crippen LogP contribution in [0.3, 0.4) is 0 Å². The summed E-state index contributed by atoms with van der Waals surface area (Å²) in [4.78, 5) is 34.5. The molecule has 3 aromatic rings. The first-order valence-corrected chi connectivity index (χ1v) is 12.6. The molecule has 0 atom stereocenters. The van der Waals surface area contributed by atoms with Gasteiger partial charge >= 0.3 is 0 Å². The van der Waals surface area contributed by atoms with E-state index in [1.165, 1.54) is 16.9 Å². The molecule has 0 bridgehead atoms. The molecular formula is C22H28N4O2S2. The first-order chi connectivity index (χ1) is 14.6. The number of aromatic amines is 1. The summed E-state index contributed by atoms with van der Waals surface area (Å²) >= 11 is 3.30. The molecule has 3 aromatic heterocycles. The molecule has 0 aliphatic heterocycles. The average Bonchev–Trinajstić information content (AvgIpc) is 3.34. The van der Waals surface area contributed by atoms with Crippen molar-refractivity contribution in [3.05, 3.63) is 50.6 Å². The van der Waals surface area contributed by atoms with E-state index in [0.29, 0.717) is 30.3 Å². The number of rotatable bonds is 9. The molecule has 3 heterocycles. The quantitative estimate of drug-likeness (QED) is 0.489. The molecule has 8 heteroatoms. The van der Waals surface area contributed by atoms with Gasteiger partial charge in [0.15, 0.2) is 0 Å². The highest BCUT2D eigenvalue weighted by Gasteiger charge is 2.19. The highest BCUT2D eigenvalue weighted by Crippen LogP contribution is 2.33. The summed E-state index contributed by atoms with van der Waals surface area (Å²) in [7, 11) is 0. The van der Waals surface area contributed by atoms with Crippen LogP contribution < -0.4 is 10.9 Å². The van der Waals surface area contributed by atoms with Crippen molar-refractivity contribution in [2.45, 2.75) is 64.3 Å². The van der Waals surface area contributed by atoms with Crippen LogP contribution in [0.25, 0.3) is 10.2 Å². The predicted octanol–water partition coefficient (Wildman–Crippen LogP) is 4.01. The van der Waals surface area contributed by atoms with Crippen molar-refractivity contribution in [3.8, 4) is 0 Å². The lowest BCUT2D eigenvalue weighted by atomic mass is 9.97. The van der Waals surface area contributed by atoms with E-state index in [-0.39, 0.29) is 11.5 Å². The van der Waals surface area contributed by atoms with Gasteiger partial charge in [0.1, 0.15) is 10.7 Å². The standard InChI is InChI=1S/C22H28N4O2S2/c1-2-9-26-10-7-15(13-26)12-23-19(27)8-11-29-14-18-24-21(28)20-16-5-3-4-6-17(16)30-22(20)25-18/h7,10,13H,2-6,8-9,11-12,14H2,1H3,(H,23,27)(H,24,25,28). The van der Waals surface area contributed by atoms with Gasteiger partial charge in [0, 0.05) is 42.5 Å². The Balaban J connectivity index is 1.24. The summed E-state index contributed by atoms with van der Waals surface area (Å²) in [5.41, 5.74) is 2.33. The van der Waals surface area contributed by atoms with E-state index >= 15 is 0 Å². The van der Waals surface area contributed by atoms with Gasteiger partial charge in [-0.25, -0.2) is 4.98 Å². The number of thioether (sulfide) groups is 1. The lowest BCUT2D eigenvalue weighted by Crippen LogP contribution is -2.22. The van der Waals surface area contributed by atoms with Gasteiger partial charge in [-0.05, 0) is 49.3 Å². The number of carbonyl (C=O) groups excluding carboxylic acids is 1. The molecule has 30 heavy (non-hydrogen) atoms. The summed E-state index contributed by atoms with van der Waals surface area (Å²) in [5, 5.41) is 3.78. The second kappa shape index (κ2) is 9.83. The predicted molar refractivity (Wildman–Crippen MR) is 124 cm³/mol. The molecule has 2 N–H and O–H groups in total. The fourth-order valence-electron chi connectivity index (χ4n) is 3.89. The van der Waals surface area contributed by atoms with Crippen LogP contribution in [0, 0.1) is 0 Å². The van der Waals surface area contributed by atoms with Crippen LogP contribution in [-0.4, -0.2) is 26.2 Å². The molecule has 160 valence electrons. The molecule has 0 aromatic carbocycles. The minimum absolute atomic E-state index is 0.0113. The van der Waals surface area contributed by atoms with Crippen LogP contribution in [0.5, 0.6) is 0 Å². The Bertz CT molecular complexity index is 1080. The fourth-order valence-corrected chi connectivity index (χ4v) is 5.98. The second-order valence-electron chi connectivity index (χ2n) is 7.74. The van der Waals surface area contributed by atoms with Gasteiger partial charge in [-0.2, -0.15) is 11.8 Å². The molecular weight excluding hydrogens is 416 g/mol. The lowest BCUT2D eigenvalue weighted by Gasteiger charge is -2.09. The molecule has 0 saturated carbocycles. The van der Waals surface area contributed by atoms with Crippen molar-refractivity contribution in [1.82, 2.24) is 19.9 Å². The van der Waals surface area contributed by atoms with E-state index in [1.54, 1.807) is 23.1 Å². The first-order valence-electron chi connectivity index (χ1n) is 10.7. The zero-order chi connectivity index (χ0) is 20.9. The molecule has 4 rings (SSSR count). The average molecular weight is 445 g/mol. The highest BCUT2D eigenvalue weighted by molar-refractivity contribution is 7.98. The number of hydrogen-bond donors (Lipinski definition) is 2. The third-order valence-corrected chi connectivity index (χ3v) is 7.53. The zero-order valence-electron chi connectivity index (χ0n) is 17.3. The van der Waals surface area contributed by atoms with Crippen molar-refractivity contribution < 1.29 is 4.79 Å². The number of aryl methyl sites for hydroxylation is 3. The molecule has 0 radical (unpaired) electrons. The summed E-state index contributed by atoms with van der Waals surface area (Å²) < 4.78 is 2.14. The Morgan fingerprint density at radius 3 is 3.10 bits per heavy atom. The zero-order valence-corrected chi connectivity index (χ0v) is 19.0. The monoisotopic (exact) mass is 444 g/mol. The molecule has 0 saturated heterocycles. The maximum absolute atomic E-state index is 12.6. The van der Waals surface area contributed by atoms with Crippen LogP contribution in [0.2, 0.25) is 0 Å². The van der Waals surface area contributed by atoms with Crippen molar-refractivity contribution >= 4 is 39.2 Å². The Hall–Kier alpha value is -2.06.